The van der Waals surface area contributed by atoms with Crippen LogP contribution in [0.1, 0.15) is 24.1 Å². The molecule has 3 rings (SSSR count). The Morgan fingerprint density at radius 2 is 1.83 bits per heavy atom. The Labute approximate surface area is 145 Å². The highest BCUT2D eigenvalue weighted by molar-refractivity contribution is 6.30. The Morgan fingerprint density at radius 1 is 1.17 bits per heavy atom. The van der Waals surface area contributed by atoms with E-state index in [-0.39, 0.29) is 5.91 Å². The average Bonchev–Trinajstić information content (AvgIpc) is 2.65. The van der Waals surface area contributed by atoms with Crippen molar-refractivity contribution in [3.8, 4) is 0 Å². The van der Waals surface area contributed by atoms with Crippen molar-refractivity contribution >= 4 is 29.2 Å². The molecule has 124 valence electrons. The fourth-order valence-corrected chi connectivity index (χ4v) is 3.42. The zero-order chi connectivity index (χ0) is 17.4. The van der Waals surface area contributed by atoms with Crippen LogP contribution in [0.15, 0.2) is 48.5 Å². The maximum Gasteiger partial charge on any atom is 0.316 e. The van der Waals surface area contributed by atoms with E-state index in [1.165, 1.54) is 4.90 Å². The van der Waals surface area contributed by atoms with Crippen molar-refractivity contribution in [2.24, 2.45) is 5.73 Å². The van der Waals surface area contributed by atoms with Crippen LogP contribution in [-0.4, -0.2) is 29.9 Å². The lowest BCUT2D eigenvalue weighted by Gasteiger charge is -2.33. The van der Waals surface area contributed by atoms with Crippen molar-refractivity contribution in [3.63, 3.8) is 0 Å². The normalized spacial score (nSPS) is 20.5. The predicted molar refractivity (Wildman–Crippen MR) is 94.0 cm³/mol. The van der Waals surface area contributed by atoms with Gasteiger partial charge in [-0.2, -0.15) is 0 Å². The van der Waals surface area contributed by atoms with E-state index in [9.17, 15) is 9.59 Å². The molecule has 6 heteroatoms. The van der Waals surface area contributed by atoms with E-state index in [1.54, 1.807) is 37.1 Å². The highest BCUT2D eigenvalue weighted by Gasteiger charge is 2.39. The summed E-state index contributed by atoms with van der Waals surface area (Å²) >= 11 is 6.19. The van der Waals surface area contributed by atoms with Gasteiger partial charge < -0.3 is 15.5 Å². The minimum atomic E-state index is -0.691. The molecule has 0 fully saturated rings. The Kier molecular flexibility index (Phi) is 4.20. The molecule has 5 nitrogen and oxygen atoms in total. The number of urea groups is 1. The van der Waals surface area contributed by atoms with Crippen molar-refractivity contribution in [2.45, 2.75) is 19.0 Å². The summed E-state index contributed by atoms with van der Waals surface area (Å²) < 4.78 is 0. The number of halogens is 1. The van der Waals surface area contributed by atoms with Gasteiger partial charge in [-0.1, -0.05) is 41.9 Å². The van der Waals surface area contributed by atoms with E-state index < -0.39 is 18.1 Å². The summed E-state index contributed by atoms with van der Waals surface area (Å²) in [7, 11) is 1.69. The molecule has 1 aliphatic rings. The van der Waals surface area contributed by atoms with Crippen molar-refractivity contribution in [1.82, 2.24) is 4.90 Å². The Bertz CT molecular complexity index is 794. The molecule has 0 saturated carbocycles. The van der Waals surface area contributed by atoms with Gasteiger partial charge >= 0.3 is 6.03 Å². The summed E-state index contributed by atoms with van der Waals surface area (Å²) in [5, 5.41) is 0.537. The van der Waals surface area contributed by atoms with Gasteiger partial charge in [-0.25, -0.2) is 4.79 Å². The Morgan fingerprint density at radius 3 is 2.46 bits per heavy atom. The second-order valence-electron chi connectivity index (χ2n) is 5.84. The summed E-state index contributed by atoms with van der Waals surface area (Å²) in [6, 6.07) is 13.0. The molecule has 0 bridgehead atoms. The minimum absolute atomic E-state index is 0.198. The van der Waals surface area contributed by atoms with Crippen LogP contribution in [0.2, 0.25) is 5.02 Å². The summed E-state index contributed by atoms with van der Waals surface area (Å²) in [5.41, 5.74) is 8.00. The molecule has 3 amide bonds. The molecule has 0 radical (unpaired) electrons. The van der Waals surface area contributed by atoms with Gasteiger partial charge in [0, 0.05) is 23.3 Å². The van der Waals surface area contributed by atoms with Crippen LogP contribution < -0.4 is 10.6 Å². The van der Waals surface area contributed by atoms with Gasteiger partial charge in [0.05, 0.1) is 6.04 Å². The average molecular weight is 344 g/mol. The second-order valence-corrected chi connectivity index (χ2v) is 6.27. The number of carbonyl (C=O) groups is 2. The van der Waals surface area contributed by atoms with Gasteiger partial charge in [0.2, 0.25) is 5.91 Å². The third-order valence-corrected chi connectivity index (χ3v) is 4.63. The number of hydrogen-bond donors (Lipinski definition) is 1. The maximum atomic E-state index is 12.7. The molecule has 0 aliphatic carbocycles. The van der Waals surface area contributed by atoms with Gasteiger partial charge in [-0.05, 0) is 30.7 Å². The number of benzene rings is 2. The van der Waals surface area contributed by atoms with E-state index in [0.717, 1.165) is 11.1 Å². The molecule has 2 N–H and O–H groups in total. The fraction of sp³-hybridized carbons (Fsp3) is 0.222. The van der Waals surface area contributed by atoms with Crippen molar-refractivity contribution < 1.29 is 9.59 Å². The molecular weight excluding hydrogens is 326 g/mol. The van der Waals surface area contributed by atoms with Crippen LogP contribution in [0.5, 0.6) is 0 Å². The first-order valence-electron chi connectivity index (χ1n) is 7.61. The molecule has 2 aromatic carbocycles. The highest BCUT2D eigenvalue weighted by Crippen LogP contribution is 2.40. The number of anilines is 1. The lowest BCUT2D eigenvalue weighted by molar-refractivity contribution is -0.122. The number of amides is 3. The van der Waals surface area contributed by atoms with E-state index in [4.69, 9.17) is 17.3 Å². The van der Waals surface area contributed by atoms with Crippen molar-refractivity contribution in [3.05, 3.63) is 64.7 Å². The summed E-state index contributed by atoms with van der Waals surface area (Å²) in [5.74, 6) is -0.198. The number of nitrogens with two attached hydrogens (primary N) is 1. The smallest absolute Gasteiger partial charge is 0.316 e. The number of likely N-dealkylation sites (N-methyl/N-ethyl adjacent to an activating group) is 1. The topological polar surface area (TPSA) is 66.6 Å². The van der Waals surface area contributed by atoms with E-state index in [2.05, 4.69) is 0 Å². The number of primary amides is 1. The fourth-order valence-electron chi connectivity index (χ4n) is 3.23. The second kappa shape index (κ2) is 6.17. The quantitative estimate of drug-likeness (QED) is 0.864. The van der Waals surface area contributed by atoms with Gasteiger partial charge in [0.1, 0.15) is 6.04 Å². The molecular formula is C18H18ClN3O2. The zero-order valence-corrected chi connectivity index (χ0v) is 14.2. The van der Waals surface area contributed by atoms with E-state index in [1.807, 2.05) is 30.3 Å². The highest BCUT2D eigenvalue weighted by atomic mass is 35.5. The third-order valence-electron chi connectivity index (χ3n) is 4.40. The SMILES string of the molecule is C[C@H]1C(=O)N(C)c2ccc(Cl)cc2[C@H](c2ccccc2)N1C(N)=O. The Balaban J connectivity index is 2.31. The van der Waals surface area contributed by atoms with E-state index >= 15 is 0 Å². The lowest BCUT2D eigenvalue weighted by Crippen LogP contribution is -2.49. The first-order chi connectivity index (χ1) is 11.4. The van der Waals surface area contributed by atoms with Crippen molar-refractivity contribution in [1.29, 1.82) is 0 Å². The molecule has 1 aliphatic heterocycles. The van der Waals surface area contributed by atoms with Gasteiger partial charge in [0.25, 0.3) is 0 Å². The van der Waals surface area contributed by atoms with Crippen LogP contribution in [-0.2, 0) is 4.79 Å². The zero-order valence-electron chi connectivity index (χ0n) is 13.4. The summed E-state index contributed by atoms with van der Waals surface area (Å²) in [4.78, 5) is 27.9. The molecule has 0 saturated heterocycles. The monoisotopic (exact) mass is 343 g/mol. The number of rotatable bonds is 1. The molecule has 24 heavy (non-hydrogen) atoms. The predicted octanol–water partition coefficient (Wildman–Crippen LogP) is 3.18. The third kappa shape index (κ3) is 2.61. The van der Waals surface area contributed by atoms with Crippen LogP contribution >= 0.6 is 11.6 Å². The van der Waals surface area contributed by atoms with Crippen LogP contribution in [0.3, 0.4) is 0 Å². The van der Waals surface area contributed by atoms with Gasteiger partial charge in [0.15, 0.2) is 0 Å². The first kappa shape index (κ1) is 16.3. The molecule has 0 spiro atoms. The standard InChI is InChI=1S/C18H18ClN3O2/c1-11-17(23)21(2)15-9-8-13(19)10-14(15)16(22(11)18(20)24)12-6-4-3-5-7-12/h3-11,16H,1-2H3,(H2,20,24)/t11-,16-/m0/s1. The van der Waals surface area contributed by atoms with Crippen molar-refractivity contribution in [2.75, 3.05) is 11.9 Å². The molecule has 1 heterocycles. The van der Waals surface area contributed by atoms with Gasteiger partial charge in [-0.15, -0.1) is 0 Å². The van der Waals surface area contributed by atoms with Crippen LogP contribution in [0.4, 0.5) is 10.5 Å². The largest absolute Gasteiger partial charge is 0.351 e. The Hall–Kier alpha value is -2.53. The minimum Gasteiger partial charge on any atom is -0.351 e. The number of fused-ring (bicyclic) bond motifs is 1. The summed E-state index contributed by atoms with van der Waals surface area (Å²) in [6.07, 6.45) is 0. The number of hydrogen-bond acceptors (Lipinski definition) is 2. The number of carbonyl (C=O) groups excluding carboxylic acids is 2. The van der Waals surface area contributed by atoms with Gasteiger partial charge in [-0.3, -0.25) is 4.79 Å². The molecule has 0 aromatic heterocycles. The van der Waals surface area contributed by atoms with E-state index in [0.29, 0.717) is 10.7 Å². The molecule has 2 aromatic rings. The molecule has 0 unspecified atom stereocenters. The summed E-state index contributed by atoms with van der Waals surface area (Å²) in [6.45, 7) is 1.69. The first-order valence-corrected chi connectivity index (χ1v) is 7.99. The van der Waals surface area contributed by atoms with Crippen LogP contribution in [0.25, 0.3) is 0 Å². The number of nitrogens with zero attached hydrogens (tertiary/aromatic N) is 2. The maximum absolute atomic E-state index is 12.7. The lowest BCUT2D eigenvalue weighted by atomic mass is 9.95. The molecule has 2 atom stereocenters. The van der Waals surface area contributed by atoms with Crippen LogP contribution in [0, 0.1) is 0 Å².